The Bertz CT molecular complexity index is 370. The van der Waals surface area contributed by atoms with Crippen LogP contribution in [-0.2, 0) is 9.53 Å². The third-order valence-electron chi connectivity index (χ3n) is 5.58. The minimum Gasteiger partial charge on any atom is -0.378 e. The number of nitrogens with zero attached hydrogens (tertiary/aromatic N) is 1. The van der Waals surface area contributed by atoms with Crippen molar-refractivity contribution < 1.29 is 9.53 Å². The molecule has 136 valence electrons. The molecule has 1 heterocycles. The molecule has 1 aliphatic heterocycles. The second-order valence-electron chi connectivity index (χ2n) is 7.50. The zero-order valence-corrected chi connectivity index (χ0v) is 16.1. The fraction of sp³-hybridized carbons (Fsp3) is 0.944. The molecule has 1 N–H and O–H groups in total. The molecule has 1 saturated carbocycles. The van der Waals surface area contributed by atoms with E-state index in [9.17, 15) is 4.79 Å². The molecule has 0 radical (unpaired) electrons. The summed E-state index contributed by atoms with van der Waals surface area (Å²) in [5.74, 6) is 1.04. The Morgan fingerprint density at radius 2 is 2.09 bits per heavy atom. The molecule has 23 heavy (non-hydrogen) atoms. The van der Waals surface area contributed by atoms with E-state index in [1.807, 2.05) is 6.92 Å². The number of carbonyl (C=O) groups excluding carboxylic acids is 1. The predicted molar refractivity (Wildman–Crippen MR) is 97.1 cm³/mol. The van der Waals surface area contributed by atoms with Gasteiger partial charge in [-0.05, 0) is 51.6 Å². The fourth-order valence-electron chi connectivity index (χ4n) is 4.00. The lowest BCUT2D eigenvalue weighted by molar-refractivity contribution is -0.167. The first-order chi connectivity index (χ1) is 10.5. The molecule has 1 amide bonds. The van der Waals surface area contributed by atoms with Crippen molar-refractivity contribution >= 4 is 18.3 Å². The molecule has 0 aromatic heterocycles. The Hall–Kier alpha value is -0.320. The van der Waals surface area contributed by atoms with Crippen molar-refractivity contribution in [1.82, 2.24) is 10.2 Å². The molecule has 1 saturated heterocycles. The van der Waals surface area contributed by atoms with Crippen LogP contribution < -0.4 is 5.32 Å². The Morgan fingerprint density at radius 3 is 2.61 bits per heavy atom. The summed E-state index contributed by atoms with van der Waals surface area (Å²) >= 11 is 0. The number of carbonyl (C=O) groups is 1. The minimum atomic E-state index is 0. The molecule has 2 aliphatic rings. The molecule has 2 fully saturated rings. The number of hydrogen-bond donors (Lipinski definition) is 1. The number of hydrogen-bond acceptors (Lipinski definition) is 3. The smallest absolute Gasteiger partial charge is 0.222 e. The zero-order valence-electron chi connectivity index (χ0n) is 15.3. The van der Waals surface area contributed by atoms with Gasteiger partial charge in [-0.25, -0.2) is 0 Å². The van der Waals surface area contributed by atoms with E-state index in [1.165, 1.54) is 6.42 Å². The van der Waals surface area contributed by atoms with Crippen LogP contribution in [0.1, 0.15) is 59.8 Å². The van der Waals surface area contributed by atoms with Gasteiger partial charge in [-0.3, -0.25) is 4.79 Å². The maximum Gasteiger partial charge on any atom is 0.222 e. The lowest BCUT2D eigenvalue weighted by Gasteiger charge is -2.55. The monoisotopic (exact) mass is 346 g/mol. The molecule has 0 aromatic carbocycles. The van der Waals surface area contributed by atoms with Gasteiger partial charge < -0.3 is 15.0 Å². The van der Waals surface area contributed by atoms with E-state index in [0.29, 0.717) is 30.4 Å². The Labute approximate surface area is 148 Å². The molecule has 1 aliphatic carbocycles. The van der Waals surface area contributed by atoms with Gasteiger partial charge in [0.25, 0.3) is 0 Å². The number of ether oxygens (including phenoxy) is 1. The molecular formula is C18H35ClN2O2. The van der Waals surface area contributed by atoms with Crippen molar-refractivity contribution in [3.05, 3.63) is 0 Å². The first kappa shape index (κ1) is 20.7. The molecule has 3 unspecified atom stereocenters. The average molecular weight is 347 g/mol. The van der Waals surface area contributed by atoms with Crippen LogP contribution in [0, 0.1) is 11.3 Å². The molecule has 0 aromatic rings. The van der Waals surface area contributed by atoms with Gasteiger partial charge in [0.05, 0.1) is 6.10 Å². The number of rotatable bonds is 8. The number of nitrogens with one attached hydrogen (secondary N) is 1. The average Bonchev–Trinajstić information content (AvgIpc) is 3.00. The summed E-state index contributed by atoms with van der Waals surface area (Å²) in [4.78, 5) is 14.9. The highest BCUT2D eigenvalue weighted by atomic mass is 35.5. The predicted octanol–water partition coefficient (Wildman–Crippen LogP) is 3.24. The van der Waals surface area contributed by atoms with Gasteiger partial charge in [0.15, 0.2) is 0 Å². The lowest BCUT2D eigenvalue weighted by atomic mass is 9.63. The van der Waals surface area contributed by atoms with Crippen LogP contribution in [0.3, 0.4) is 0 Å². The van der Waals surface area contributed by atoms with Gasteiger partial charge in [-0.1, -0.05) is 20.8 Å². The number of amides is 1. The standard InChI is InChI=1S/C18H34N2O2.ClH/c1-5-11-20(15-12-16(22-6-2)18(15,3)4)17(21)8-7-14-9-10-19-13-14;/h14-16,19H,5-13H2,1-4H3;1H. The first-order valence-electron chi connectivity index (χ1n) is 9.12. The topological polar surface area (TPSA) is 41.6 Å². The van der Waals surface area contributed by atoms with Gasteiger partial charge in [-0.15, -0.1) is 12.4 Å². The van der Waals surface area contributed by atoms with Crippen molar-refractivity contribution in [2.24, 2.45) is 11.3 Å². The third kappa shape index (κ3) is 4.83. The highest BCUT2D eigenvalue weighted by Crippen LogP contribution is 2.46. The van der Waals surface area contributed by atoms with Gasteiger partial charge in [-0.2, -0.15) is 0 Å². The SMILES string of the molecule is CCCN(C(=O)CCC1CCNC1)C1CC(OCC)C1(C)C.Cl. The second-order valence-corrected chi connectivity index (χ2v) is 7.50. The van der Waals surface area contributed by atoms with Gasteiger partial charge in [0.2, 0.25) is 5.91 Å². The van der Waals surface area contributed by atoms with E-state index >= 15 is 0 Å². The second kappa shape index (κ2) is 9.24. The van der Waals surface area contributed by atoms with Crippen LogP contribution in [0.2, 0.25) is 0 Å². The summed E-state index contributed by atoms with van der Waals surface area (Å²) in [5, 5.41) is 3.39. The maximum atomic E-state index is 12.7. The Morgan fingerprint density at radius 1 is 1.35 bits per heavy atom. The van der Waals surface area contributed by atoms with E-state index in [0.717, 1.165) is 45.5 Å². The van der Waals surface area contributed by atoms with Crippen LogP contribution in [0.5, 0.6) is 0 Å². The number of halogens is 1. The molecular weight excluding hydrogens is 312 g/mol. The van der Waals surface area contributed by atoms with Gasteiger partial charge >= 0.3 is 0 Å². The highest BCUT2D eigenvalue weighted by Gasteiger charge is 2.52. The molecule has 0 spiro atoms. The largest absolute Gasteiger partial charge is 0.378 e. The Kier molecular flexibility index (Phi) is 8.32. The van der Waals surface area contributed by atoms with Crippen LogP contribution in [0.25, 0.3) is 0 Å². The van der Waals surface area contributed by atoms with Crippen LogP contribution >= 0.6 is 12.4 Å². The maximum absolute atomic E-state index is 12.7. The quantitative estimate of drug-likeness (QED) is 0.733. The lowest BCUT2D eigenvalue weighted by Crippen LogP contribution is -2.63. The summed E-state index contributed by atoms with van der Waals surface area (Å²) in [6.45, 7) is 12.6. The minimum absolute atomic E-state index is 0. The summed E-state index contributed by atoms with van der Waals surface area (Å²) in [7, 11) is 0. The van der Waals surface area contributed by atoms with E-state index < -0.39 is 0 Å². The van der Waals surface area contributed by atoms with Crippen molar-refractivity contribution in [3.63, 3.8) is 0 Å². The third-order valence-corrected chi connectivity index (χ3v) is 5.58. The molecule has 3 atom stereocenters. The van der Waals surface area contributed by atoms with Crippen molar-refractivity contribution in [1.29, 1.82) is 0 Å². The summed E-state index contributed by atoms with van der Waals surface area (Å²) < 4.78 is 5.83. The molecule has 4 nitrogen and oxygen atoms in total. The molecule has 5 heteroatoms. The molecule has 0 bridgehead atoms. The van der Waals surface area contributed by atoms with Gasteiger partial charge in [0, 0.05) is 31.0 Å². The summed E-state index contributed by atoms with van der Waals surface area (Å²) in [6, 6.07) is 0.346. The van der Waals surface area contributed by atoms with Crippen LogP contribution in [-0.4, -0.2) is 49.2 Å². The van der Waals surface area contributed by atoms with E-state index in [-0.39, 0.29) is 17.8 Å². The van der Waals surface area contributed by atoms with E-state index in [2.05, 4.69) is 31.0 Å². The van der Waals surface area contributed by atoms with Crippen LogP contribution in [0.4, 0.5) is 0 Å². The van der Waals surface area contributed by atoms with Crippen molar-refractivity contribution in [3.8, 4) is 0 Å². The molecule has 2 rings (SSSR count). The first-order valence-corrected chi connectivity index (χ1v) is 9.12. The highest BCUT2D eigenvalue weighted by molar-refractivity contribution is 5.85. The van der Waals surface area contributed by atoms with Crippen LogP contribution in [0.15, 0.2) is 0 Å². The van der Waals surface area contributed by atoms with Gasteiger partial charge in [0.1, 0.15) is 0 Å². The Balaban J connectivity index is 0.00000264. The van der Waals surface area contributed by atoms with Crippen molar-refractivity contribution in [2.75, 3.05) is 26.2 Å². The fourth-order valence-corrected chi connectivity index (χ4v) is 4.00. The summed E-state index contributed by atoms with van der Waals surface area (Å²) in [5.41, 5.74) is 0.0791. The zero-order chi connectivity index (χ0) is 16.2. The summed E-state index contributed by atoms with van der Waals surface area (Å²) in [6.07, 6.45) is 5.29. The van der Waals surface area contributed by atoms with E-state index in [4.69, 9.17) is 4.74 Å². The van der Waals surface area contributed by atoms with Crippen molar-refractivity contribution in [2.45, 2.75) is 71.9 Å². The van der Waals surface area contributed by atoms with E-state index in [1.54, 1.807) is 0 Å². The normalized spacial score (nSPS) is 28.8.